The maximum atomic E-state index is 12.3. The van der Waals surface area contributed by atoms with Crippen LogP contribution in [0.1, 0.15) is 31.1 Å². The number of carbonyl (C=O) groups excluding carboxylic acids is 2. The number of amides is 1. The van der Waals surface area contributed by atoms with Gasteiger partial charge in [0.15, 0.2) is 0 Å². The lowest BCUT2D eigenvalue weighted by molar-refractivity contribution is -0.121. The summed E-state index contributed by atoms with van der Waals surface area (Å²) in [6, 6.07) is 6.87. The molecule has 1 heterocycles. The van der Waals surface area contributed by atoms with Crippen molar-refractivity contribution in [3.63, 3.8) is 0 Å². The van der Waals surface area contributed by atoms with Crippen molar-refractivity contribution in [3.05, 3.63) is 29.8 Å². The minimum absolute atomic E-state index is 0.110. The lowest BCUT2D eigenvalue weighted by Crippen LogP contribution is -2.48. The average Bonchev–Trinajstić information content (AvgIpc) is 2.46. The standard InChI is InChI=1S/C17H24N2O4/c1-4-22-17(21)14-7-5-6-8-15(14)18-16(20)11-19-9-12(2)23-13(3)10-19/h5-8,12-13H,4,9-11H2,1-3H3,(H,18,20)/t12-,13-/m0/s1. The Kier molecular flexibility index (Phi) is 6.12. The van der Waals surface area contributed by atoms with E-state index in [-0.39, 0.29) is 24.7 Å². The molecule has 0 bridgehead atoms. The zero-order chi connectivity index (χ0) is 16.8. The number of carbonyl (C=O) groups is 2. The Morgan fingerprint density at radius 2 is 1.91 bits per heavy atom. The Hall–Kier alpha value is -1.92. The van der Waals surface area contributed by atoms with Crippen LogP contribution < -0.4 is 5.32 Å². The number of rotatable bonds is 5. The highest BCUT2D eigenvalue weighted by Gasteiger charge is 2.24. The summed E-state index contributed by atoms with van der Waals surface area (Å²) in [6.45, 7) is 7.75. The number of hydrogen-bond donors (Lipinski definition) is 1. The lowest BCUT2D eigenvalue weighted by atomic mass is 10.1. The van der Waals surface area contributed by atoms with Crippen LogP contribution in [0.5, 0.6) is 0 Å². The van der Waals surface area contributed by atoms with Crippen molar-refractivity contribution in [2.75, 3.05) is 31.6 Å². The average molecular weight is 320 g/mol. The second-order valence-electron chi connectivity index (χ2n) is 5.77. The van der Waals surface area contributed by atoms with Crippen molar-refractivity contribution in [1.29, 1.82) is 0 Å². The summed E-state index contributed by atoms with van der Waals surface area (Å²) >= 11 is 0. The molecule has 6 nitrogen and oxygen atoms in total. The van der Waals surface area contributed by atoms with Gasteiger partial charge in [-0.1, -0.05) is 12.1 Å². The molecule has 0 radical (unpaired) electrons. The van der Waals surface area contributed by atoms with Crippen molar-refractivity contribution in [1.82, 2.24) is 4.90 Å². The number of nitrogens with zero attached hydrogens (tertiary/aromatic N) is 1. The van der Waals surface area contributed by atoms with Crippen LogP contribution in [0.15, 0.2) is 24.3 Å². The van der Waals surface area contributed by atoms with E-state index in [0.717, 1.165) is 13.1 Å². The molecule has 1 saturated heterocycles. The molecule has 1 aliphatic heterocycles. The van der Waals surface area contributed by atoms with Gasteiger partial charge in [-0.2, -0.15) is 0 Å². The monoisotopic (exact) mass is 320 g/mol. The quantitative estimate of drug-likeness (QED) is 0.840. The molecule has 126 valence electrons. The second-order valence-corrected chi connectivity index (χ2v) is 5.77. The predicted octanol–water partition coefficient (Wildman–Crippen LogP) is 1.91. The maximum absolute atomic E-state index is 12.3. The third-order valence-corrected chi connectivity index (χ3v) is 3.56. The van der Waals surface area contributed by atoms with Gasteiger partial charge in [-0.05, 0) is 32.9 Å². The Labute approximate surface area is 136 Å². The smallest absolute Gasteiger partial charge is 0.340 e. The fourth-order valence-electron chi connectivity index (χ4n) is 2.79. The minimum atomic E-state index is -0.433. The fourth-order valence-corrected chi connectivity index (χ4v) is 2.79. The van der Waals surface area contributed by atoms with Crippen LogP contribution in [0, 0.1) is 0 Å². The van der Waals surface area contributed by atoms with E-state index in [1.165, 1.54) is 0 Å². The van der Waals surface area contributed by atoms with Crippen molar-refractivity contribution in [2.24, 2.45) is 0 Å². The fraction of sp³-hybridized carbons (Fsp3) is 0.529. The molecule has 1 N–H and O–H groups in total. The number of esters is 1. The number of anilines is 1. The molecule has 6 heteroatoms. The first-order valence-electron chi connectivity index (χ1n) is 7.93. The number of nitrogens with one attached hydrogen (secondary N) is 1. The third kappa shape index (κ3) is 5.04. The van der Waals surface area contributed by atoms with Crippen molar-refractivity contribution in [2.45, 2.75) is 33.0 Å². The van der Waals surface area contributed by atoms with E-state index < -0.39 is 5.97 Å². The Morgan fingerprint density at radius 3 is 2.57 bits per heavy atom. The SMILES string of the molecule is CCOC(=O)c1ccccc1NC(=O)CN1C[C@H](C)O[C@@H](C)C1. The summed E-state index contributed by atoms with van der Waals surface area (Å²) in [5, 5.41) is 2.80. The van der Waals surface area contributed by atoms with Crippen molar-refractivity contribution < 1.29 is 19.1 Å². The van der Waals surface area contributed by atoms with Gasteiger partial charge in [0.05, 0.1) is 36.6 Å². The predicted molar refractivity (Wildman–Crippen MR) is 87.5 cm³/mol. The zero-order valence-electron chi connectivity index (χ0n) is 13.9. The maximum Gasteiger partial charge on any atom is 0.340 e. The van der Waals surface area contributed by atoms with Gasteiger partial charge in [-0.3, -0.25) is 9.69 Å². The molecule has 0 unspecified atom stereocenters. The molecule has 1 aromatic rings. The first-order valence-corrected chi connectivity index (χ1v) is 7.93. The van der Waals surface area contributed by atoms with Gasteiger partial charge in [-0.15, -0.1) is 0 Å². The molecule has 0 aromatic heterocycles. The van der Waals surface area contributed by atoms with E-state index in [9.17, 15) is 9.59 Å². The number of morpholine rings is 1. The highest BCUT2D eigenvalue weighted by Crippen LogP contribution is 2.17. The molecule has 23 heavy (non-hydrogen) atoms. The van der Waals surface area contributed by atoms with E-state index in [4.69, 9.17) is 9.47 Å². The summed E-state index contributed by atoms with van der Waals surface area (Å²) in [5.74, 6) is -0.583. The summed E-state index contributed by atoms with van der Waals surface area (Å²) < 4.78 is 10.7. The minimum Gasteiger partial charge on any atom is -0.462 e. The summed E-state index contributed by atoms with van der Waals surface area (Å²) in [5.41, 5.74) is 0.844. The molecule has 1 amide bonds. The molecule has 0 saturated carbocycles. The van der Waals surface area contributed by atoms with Gasteiger partial charge in [-0.25, -0.2) is 4.79 Å². The van der Waals surface area contributed by atoms with E-state index in [2.05, 4.69) is 10.2 Å². The number of benzene rings is 1. The lowest BCUT2D eigenvalue weighted by Gasteiger charge is -2.34. The summed E-state index contributed by atoms with van der Waals surface area (Å²) in [7, 11) is 0. The highest BCUT2D eigenvalue weighted by molar-refractivity contribution is 6.01. The normalized spacial score (nSPS) is 21.7. The largest absolute Gasteiger partial charge is 0.462 e. The van der Waals surface area contributed by atoms with Crippen molar-refractivity contribution in [3.8, 4) is 0 Å². The van der Waals surface area contributed by atoms with Gasteiger partial charge in [0.25, 0.3) is 0 Å². The molecular weight excluding hydrogens is 296 g/mol. The molecular formula is C17H24N2O4. The molecule has 2 atom stereocenters. The summed E-state index contributed by atoms with van der Waals surface area (Å²) in [6.07, 6.45) is 0.219. The number of ether oxygens (including phenoxy) is 2. The van der Waals surface area contributed by atoms with E-state index in [1.807, 2.05) is 13.8 Å². The summed E-state index contributed by atoms with van der Waals surface area (Å²) in [4.78, 5) is 26.3. The van der Waals surface area contributed by atoms with Crippen LogP contribution >= 0.6 is 0 Å². The molecule has 0 aliphatic carbocycles. The number of para-hydroxylation sites is 1. The Morgan fingerprint density at radius 1 is 1.26 bits per heavy atom. The zero-order valence-corrected chi connectivity index (χ0v) is 13.9. The highest BCUT2D eigenvalue weighted by atomic mass is 16.5. The second kappa shape index (κ2) is 8.08. The molecule has 1 aromatic carbocycles. The third-order valence-electron chi connectivity index (χ3n) is 3.56. The van der Waals surface area contributed by atoms with Gasteiger partial charge in [0.2, 0.25) is 5.91 Å². The van der Waals surface area contributed by atoms with Gasteiger partial charge < -0.3 is 14.8 Å². The van der Waals surface area contributed by atoms with E-state index >= 15 is 0 Å². The van der Waals surface area contributed by atoms with Crippen LogP contribution in [0.3, 0.4) is 0 Å². The number of hydrogen-bond acceptors (Lipinski definition) is 5. The van der Waals surface area contributed by atoms with Gasteiger partial charge >= 0.3 is 5.97 Å². The van der Waals surface area contributed by atoms with Gasteiger partial charge in [0.1, 0.15) is 0 Å². The topological polar surface area (TPSA) is 67.9 Å². The Balaban J connectivity index is 1.99. The van der Waals surface area contributed by atoms with Crippen LogP contribution in [0.2, 0.25) is 0 Å². The first kappa shape index (κ1) is 17.4. The van der Waals surface area contributed by atoms with Crippen molar-refractivity contribution >= 4 is 17.6 Å². The molecule has 1 fully saturated rings. The molecule has 2 rings (SSSR count). The van der Waals surface area contributed by atoms with Crippen LogP contribution in [-0.2, 0) is 14.3 Å². The van der Waals surface area contributed by atoms with E-state index in [1.54, 1.807) is 31.2 Å². The molecule has 0 spiro atoms. The van der Waals surface area contributed by atoms with Crippen LogP contribution in [0.25, 0.3) is 0 Å². The van der Waals surface area contributed by atoms with Gasteiger partial charge in [0, 0.05) is 13.1 Å². The molecule has 1 aliphatic rings. The van der Waals surface area contributed by atoms with Crippen LogP contribution in [0.4, 0.5) is 5.69 Å². The van der Waals surface area contributed by atoms with E-state index in [0.29, 0.717) is 17.9 Å². The first-order chi connectivity index (χ1) is 11.0. The van der Waals surface area contributed by atoms with Crippen LogP contribution in [-0.4, -0.2) is 55.2 Å². The Bertz CT molecular complexity index is 551.